The van der Waals surface area contributed by atoms with E-state index in [1.807, 2.05) is 0 Å². The zero-order chi connectivity index (χ0) is 19.0. The number of nitrogens with zero attached hydrogens (tertiary/aromatic N) is 3. The second kappa shape index (κ2) is 6.74. The van der Waals surface area contributed by atoms with Crippen LogP contribution in [0, 0.1) is 0 Å². The molecule has 14 heteroatoms. The fraction of sp³-hybridized carbons (Fsp3) is 0.727. The Hall–Kier alpha value is -1.38. The highest BCUT2D eigenvalue weighted by Crippen LogP contribution is 2.27. The number of halogens is 3. The maximum Gasteiger partial charge on any atom is 0.534 e. The van der Waals surface area contributed by atoms with E-state index in [0.29, 0.717) is 16.8 Å². The molecule has 1 fully saturated rings. The van der Waals surface area contributed by atoms with Crippen molar-refractivity contribution in [3.63, 3.8) is 0 Å². The van der Waals surface area contributed by atoms with Crippen LogP contribution in [0.25, 0.3) is 0 Å². The lowest BCUT2D eigenvalue weighted by Gasteiger charge is -2.28. The zero-order valence-corrected chi connectivity index (χ0v) is 14.9. The molecule has 9 nitrogen and oxygen atoms in total. The van der Waals surface area contributed by atoms with Gasteiger partial charge in [-0.3, -0.25) is 0 Å². The van der Waals surface area contributed by atoms with E-state index >= 15 is 0 Å². The van der Waals surface area contributed by atoms with Gasteiger partial charge in [-0.05, 0) is 12.8 Å². The van der Waals surface area contributed by atoms with Gasteiger partial charge in [-0.15, -0.1) is 0 Å². The number of alkyl halides is 3. The van der Waals surface area contributed by atoms with Gasteiger partial charge in [-0.2, -0.15) is 38.9 Å². The van der Waals surface area contributed by atoms with Crippen LogP contribution in [-0.2, 0) is 32.1 Å². The predicted octanol–water partition coefficient (Wildman–Crippen LogP) is -0.255. The molecule has 0 bridgehead atoms. The van der Waals surface area contributed by atoms with Crippen LogP contribution in [0.4, 0.5) is 13.2 Å². The van der Waals surface area contributed by atoms with Crippen molar-refractivity contribution in [3.8, 4) is 6.01 Å². The molecule has 144 valence electrons. The topological polar surface area (TPSA) is 98.8 Å². The summed E-state index contributed by atoms with van der Waals surface area (Å²) in [6.07, 6.45) is 2.67. The van der Waals surface area contributed by atoms with Crippen molar-refractivity contribution >= 4 is 20.3 Å². The number of piperidine rings is 1. The van der Waals surface area contributed by atoms with Crippen molar-refractivity contribution in [3.05, 3.63) is 12.4 Å². The molecule has 0 radical (unpaired) electrons. The third kappa shape index (κ3) is 3.91. The van der Waals surface area contributed by atoms with Gasteiger partial charge in [0.05, 0.1) is 13.2 Å². The number of ether oxygens (including phenoxy) is 1. The summed E-state index contributed by atoms with van der Waals surface area (Å²) in [5.74, 6) is 0. The molecule has 0 aromatic carbocycles. The van der Waals surface area contributed by atoms with Crippen LogP contribution < -0.4 is 8.75 Å². The van der Waals surface area contributed by atoms with Crippen LogP contribution in [0.2, 0.25) is 0 Å². The minimum atomic E-state index is -6.01. The van der Waals surface area contributed by atoms with E-state index in [2.05, 4.69) is 4.18 Å². The molecular weight excluding hydrogens is 391 g/mol. The van der Waals surface area contributed by atoms with Crippen molar-refractivity contribution in [2.75, 3.05) is 20.2 Å². The second-order valence-corrected chi connectivity index (χ2v) is 8.66. The summed E-state index contributed by atoms with van der Waals surface area (Å²) in [5.41, 5.74) is -5.68. The van der Waals surface area contributed by atoms with Gasteiger partial charge < -0.3 is 8.92 Å². The van der Waals surface area contributed by atoms with Gasteiger partial charge in [-0.1, -0.05) is 3.97 Å². The third-order valence-electron chi connectivity index (χ3n) is 3.69. The molecular formula is C11H17F3N3O6S2+. The van der Waals surface area contributed by atoms with Crippen molar-refractivity contribution in [1.29, 1.82) is 0 Å². The average Bonchev–Trinajstić information content (AvgIpc) is 2.87. The molecule has 0 saturated carbocycles. The highest BCUT2D eigenvalue weighted by molar-refractivity contribution is 7.88. The molecule has 1 aliphatic rings. The van der Waals surface area contributed by atoms with Crippen LogP contribution in [-0.4, -0.2) is 56.9 Å². The van der Waals surface area contributed by atoms with E-state index < -0.39 is 31.8 Å². The van der Waals surface area contributed by atoms with Gasteiger partial charge >= 0.3 is 31.8 Å². The first kappa shape index (κ1) is 19.9. The van der Waals surface area contributed by atoms with Crippen LogP contribution in [0.1, 0.15) is 12.8 Å². The Morgan fingerprint density at radius 1 is 1.20 bits per heavy atom. The van der Waals surface area contributed by atoms with Gasteiger partial charge in [0.1, 0.15) is 6.20 Å². The number of rotatable bonds is 5. The maximum absolute atomic E-state index is 12.6. The Balaban J connectivity index is 2.35. The Kier molecular flexibility index (Phi) is 5.37. The molecule has 1 aromatic heterocycles. The van der Waals surface area contributed by atoms with Crippen LogP contribution in [0.3, 0.4) is 0 Å². The SMILES string of the molecule is COC1CCN(S(=O)(=O)n2cc[n+](C)c2OS(=O)(=O)C(F)(F)F)CC1. The lowest BCUT2D eigenvalue weighted by molar-refractivity contribution is -0.673. The lowest BCUT2D eigenvalue weighted by Crippen LogP contribution is -2.44. The van der Waals surface area contributed by atoms with Crippen molar-refractivity contribution in [2.45, 2.75) is 24.5 Å². The number of aromatic nitrogens is 2. The molecule has 1 aromatic rings. The lowest BCUT2D eigenvalue weighted by atomic mass is 10.1. The number of methoxy groups -OCH3 is 1. The molecule has 0 aliphatic carbocycles. The van der Waals surface area contributed by atoms with Crippen molar-refractivity contribution < 1.29 is 43.5 Å². The molecule has 1 saturated heterocycles. The van der Waals surface area contributed by atoms with Crippen LogP contribution in [0.5, 0.6) is 6.01 Å². The molecule has 0 atom stereocenters. The van der Waals surface area contributed by atoms with Crippen LogP contribution in [0.15, 0.2) is 12.4 Å². The summed E-state index contributed by atoms with van der Waals surface area (Å²) in [4.78, 5) is 0. The average molecular weight is 408 g/mol. The van der Waals surface area contributed by atoms with E-state index in [9.17, 15) is 30.0 Å². The predicted molar refractivity (Wildman–Crippen MR) is 77.1 cm³/mol. The summed E-state index contributed by atoms with van der Waals surface area (Å²) >= 11 is 0. The van der Waals surface area contributed by atoms with Crippen molar-refractivity contribution in [1.82, 2.24) is 8.28 Å². The second-order valence-electron chi connectivity index (χ2n) is 5.31. The van der Waals surface area contributed by atoms with E-state index in [4.69, 9.17) is 4.74 Å². The first-order valence-corrected chi connectivity index (χ1v) is 9.82. The van der Waals surface area contributed by atoms with Gasteiger partial charge in [0.2, 0.25) is 0 Å². The fourth-order valence-electron chi connectivity index (χ4n) is 2.28. The minimum absolute atomic E-state index is 0.0776. The Bertz CT molecular complexity index is 826. The van der Waals surface area contributed by atoms with E-state index in [1.165, 1.54) is 7.11 Å². The summed E-state index contributed by atoms with van der Waals surface area (Å²) in [6.45, 7) is 0.155. The Labute approximate surface area is 142 Å². The standard InChI is InChI=1S/C11H17F3N3O6S2/c1-15-7-8-17(10(15)23-24(18,19)11(12,13)14)25(20,21)16-5-3-9(22-2)4-6-16/h7-9H,3-6H2,1-2H3/q+1. The summed E-state index contributed by atoms with van der Waals surface area (Å²) in [6, 6.07) is -0.994. The van der Waals surface area contributed by atoms with Crippen molar-refractivity contribution in [2.24, 2.45) is 7.05 Å². The van der Waals surface area contributed by atoms with E-state index in [1.54, 1.807) is 0 Å². The molecule has 0 amide bonds. The fourth-order valence-corrected chi connectivity index (χ4v) is 4.31. The minimum Gasteiger partial charge on any atom is -0.381 e. The zero-order valence-electron chi connectivity index (χ0n) is 13.3. The van der Waals surface area contributed by atoms with Crippen LogP contribution >= 0.6 is 0 Å². The quantitative estimate of drug-likeness (QED) is 0.378. The molecule has 0 N–H and O–H groups in total. The number of hydrogen-bond donors (Lipinski definition) is 0. The van der Waals surface area contributed by atoms with Gasteiger partial charge in [0.25, 0.3) is 0 Å². The van der Waals surface area contributed by atoms with E-state index in [-0.39, 0.29) is 19.2 Å². The molecule has 2 rings (SSSR count). The number of imidazole rings is 1. The molecule has 25 heavy (non-hydrogen) atoms. The summed E-state index contributed by atoms with van der Waals surface area (Å²) in [5, 5.41) is 0. The normalized spacial score (nSPS) is 18.4. The first-order valence-electron chi connectivity index (χ1n) is 7.01. The van der Waals surface area contributed by atoms with E-state index in [0.717, 1.165) is 28.3 Å². The highest BCUT2D eigenvalue weighted by Gasteiger charge is 2.51. The van der Waals surface area contributed by atoms with Gasteiger partial charge in [0, 0.05) is 20.2 Å². The largest absolute Gasteiger partial charge is 0.534 e. The van der Waals surface area contributed by atoms with Gasteiger partial charge in [0.15, 0.2) is 6.20 Å². The summed E-state index contributed by atoms with van der Waals surface area (Å²) in [7, 11) is -7.67. The Morgan fingerprint density at radius 3 is 2.24 bits per heavy atom. The molecule has 0 spiro atoms. The third-order valence-corrected chi connectivity index (χ3v) is 6.42. The first-order chi connectivity index (χ1) is 11.4. The Morgan fingerprint density at radius 2 is 1.76 bits per heavy atom. The van der Waals surface area contributed by atoms with Gasteiger partial charge in [-0.25, -0.2) is 0 Å². The maximum atomic E-state index is 12.6. The highest BCUT2D eigenvalue weighted by atomic mass is 32.2. The number of hydrogen-bond acceptors (Lipinski definition) is 6. The molecule has 0 unspecified atom stereocenters. The monoisotopic (exact) mass is 408 g/mol. The molecule has 1 aliphatic heterocycles. The summed E-state index contributed by atoms with van der Waals surface area (Å²) < 4.78 is 96.6. The number of aryl methyl sites for hydroxylation is 1. The molecule has 2 heterocycles. The smallest absolute Gasteiger partial charge is 0.381 e.